The van der Waals surface area contributed by atoms with Crippen LogP contribution >= 0.6 is 0 Å². The zero-order valence-corrected chi connectivity index (χ0v) is 7.23. The molecule has 0 radical (unpaired) electrons. The number of hydrogen-bond acceptors (Lipinski definition) is 3. The van der Waals surface area contributed by atoms with Crippen LogP contribution in [0, 0.1) is 5.92 Å². The third kappa shape index (κ3) is 3.02. The summed E-state index contributed by atoms with van der Waals surface area (Å²) in [5.74, 6) is 0.0855. The minimum absolute atomic E-state index is 0.0855. The minimum atomic E-state index is -1.15. The molecule has 1 amide bonds. The van der Waals surface area contributed by atoms with E-state index < -0.39 is 12.1 Å². The van der Waals surface area contributed by atoms with Crippen molar-refractivity contribution in [3.8, 4) is 0 Å². The van der Waals surface area contributed by atoms with E-state index in [1.54, 1.807) is 0 Å². The molecule has 1 saturated heterocycles. The standard InChI is InChI=1S/C8H13NO4/c10-5-7(9-8(11)12)6-1-3-13-4-2-6/h5-7,9H,1-4H2,(H,11,12). The highest BCUT2D eigenvalue weighted by Gasteiger charge is 2.24. The number of carbonyl (C=O) groups is 2. The van der Waals surface area contributed by atoms with Crippen LogP contribution in [0.2, 0.25) is 0 Å². The minimum Gasteiger partial charge on any atom is -0.465 e. The molecule has 0 spiro atoms. The van der Waals surface area contributed by atoms with Crippen LogP contribution in [0.15, 0.2) is 0 Å². The molecule has 0 aliphatic carbocycles. The van der Waals surface area contributed by atoms with Crippen LogP contribution in [0.5, 0.6) is 0 Å². The Kier molecular flexibility index (Phi) is 3.70. The second-order valence-corrected chi connectivity index (χ2v) is 3.06. The molecule has 0 aromatic carbocycles. The molecule has 5 heteroatoms. The van der Waals surface area contributed by atoms with Gasteiger partial charge in [-0.2, -0.15) is 0 Å². The number of carbonyl (C=O) groups excluding carboxylic acids is 1. The van der Waals surface area contributed by atoms with E-state index in [1.165, 1.54) is 0 Å². The lowest BCUT2D eigenvalue weighted by atomic mass is 9.93. The van der Waals surface area contributed by atoms with Crippen molar-refractivity contribution in [1.29, 1.82) is 0 Å². The second kappa shape index (κ2) is 4.81. The van der Waals surface area contributed by atoms with E-state index >= 15 is 0 Å². The monoisotopic (exact) mass is 187 g/mol. The molecule has 0 aromatic rings. The van der Waals surface area contributed by atoms with E-state index in [0.29, 0.717) is 19.5 Å². The zero-order valence-electron chi connectivity index (χ0n) is 7.23. The fourth-order valence-electron chi connectivity index (χ4n) is 1.48. The summed E-state index contributed by atoms with van der Waals surface area (Å²) < 4.78 is 5.11. The zero-order chi connectivity index (χ0) is 9.68. The largest absolute Gasteiger partial charge is 0.465 e. The van der Waals surface area contributed by atoms with Gasteiger partial charge in [-0.15, -0.1) is 0 Å². The Labute approximate surface area is 76.1 Å². The van der Waals surface area contributed by atoms with Gasteiger partial charge in [0.25, 0.3) is 0 Å². The normalized spacial score (nSPS) is 20.6. The molecule has 74 valence electrons. The van der Waals surface area contributed by atoms with Gasteiger partial charge in [0.05, 0.1) is 6.04 Å². The van der Waals surface area contributed by atoms with Gasteiger partial charge in [0.15, 0.2) is 0 Å². The fourth-order valence-corrected chi connectivity index (χ4v) is 1.48. The molecule has 5 nitrogen and oxygen atoms in total. The van der Waals surface area contributed by atoms with Gasteiger partial charge in [-0.25, -0.2) is 4.79 Å². The molecule has 2 N–H and O–H groups in total. The predicted octanol–water partition coefficient (Wildman–Crippen LogP) is 0.248. The van der Waals surface area contributed by atoms with Crippen LogP contribution in [0.25, 0.3) is 0 Å². The van der Waals surface area contributed by atoms with Crippen LogP contribution in [0.1, 0.15) is 12.8 Å². The molecule has 1 aliphatic heterocycles. The van der Waals surface area contributed by atoms with Crippen molar-refractivity contribution >= 4 is 12.4 Å². The van der Waals surface area contributed by atoms with Crippen molar-refractivity contribution in [1.82, 2.24) is 5.32 Å². The molecular weight excluding hydrogens is 174 g/mol. The number of amides is 1. The highest BCUT2D eigenvalue weighted by Crippen LogP contribution is 2.17. The lowest BCUT2D eigenvalue weighted by Crippen LogP contribution is -2.42. The lowest BCUT2D eigenvalue weighted by molar-refractivity contribution is -0.111. The van der Waals surface area contributed by atoms with Gasteiger partial charge >= 0.3 is 6.09 Å². The Morgan fingerprint density at radius 1 is 1.54 bits per heavy atom. The number of aldehydes is 1. The summed E-state index contributed by atoms with van der Waals surface area (Å²) >= 11 is 0. The van der Waals surface area contributed by atoms with E-state index in [0.717, 1.165) is 12.8 Å². The number of nitrogens with one attached hydrogen (secondary N) is 1. The Morgan fingerprint density at radius 3 is 2.62 bits per heavy atom. The van der Waals surface area contributed by atoms with Crippen LogP contribution in [-0.2, 0) is 9.53 Å². The van der Waals surface area contributed by atoms with Gasteiger partial charge < -0.3 is 20.0 Å². The third-order valence-corrected chi connectivity index (χ3v) is 2.21. The molecule has 1 heterocycles. The predicted molar refractivity (Wildman–Crippen MR) is 44.6 cm³/mol. The van der Waals surface area contributed by atoms with Crippen LogP contribution in [0.3, 0.4) is 0 Å². The summed E-state index contributed by atoms with van der Waals surface area (Å²) in [7, 11) is 0. The van der Waals surface area contributed by atoms with Gasteiger partial charge in [0.2, 0.25) is 0 Å². The molecule has 0 bridgehead atoms. The quantitative estimate of drug-likeness (QED) is 0.621. The lowest BCUT2D eigenvalue weighted by Gasteiger charge is -2.26. The highest BCUT2D eigenvalue weighted by molar-refractivity contribution is 5.71. The van der Waals surface area contributed by atoms with Crippen LogP contribution < -0.4 is 5.32 Å². The summed E-state index contributed by atoms with van der Waals surface area (Å²) in [6.45, 7) is 1.21. The van der Waals surface area contributed by atoms with E-state index in [1.807, 2.05) is 0 Å². The topological polar surface area (TPSA) is 75.6 Å². The molecule has 0 saturated carbocycles. The fraction of sp³-hybridized carbons (Fsp3) is 0.750. The van der Waals surface area contributed by atoms with Crippen molar-refractivity contribution in [3.63, 3.8) is 0 Å². The molecule has 0 aromatic heterocycles. The Bertz CT molecular complexity index is 189. The summed E-state index contributed by atoms with van der Waals surface area (Å²) in [6, 6.07) is -0.582. The number of carboxylic acid groups (broad SMARTS) is 1. The van der Waals surface area contributed by atoms with Gasteiger partial charge in [-0.05, 0) is 18.8 Å². The van der Waals surface area contributed by atoms with Crippen molar-refractivity contribution < 1.29 is 19.4 Å². The van der Waals surface area contributed by atoms with Crippen LogP contribution in [-0.4, -0.2) is 36.7 Å². The molecule has 1 atom stereocenters. The number of rotatable bonds is 3. The molecular formula is C8H13NO4. The third-order valence-electron chi connectivity index (χ3n) is 2.21. The Hall–Kier alpha value is -1.10. The first kappa shape index (κ1) is 9.98. The maximum absolute atomic E-state index is 10.6. The SMILES string of the molecule is O=CC(NC(=O)O)C1CCOCC1. The van der Waals surface area contributed by atoms with Crippen LogP contribution in [0.4, 0.5) is 4.79 Å². The van der Waals surface area contributed by atoms with Crippen molar-refractivity contribution in [2.75, 3.05) is 13.2 Å². The molecule has 1 unspecified atom stereocenters. The van der Waals surface area contributed by atoms with Gasteiger partial charge in [0, 0.05) is 13.2 Å². The first-order chi connectivity index (χ1) is 6.24. The summed E-state index contributed by atoms with van der Waals surface area (Å²) in [4.78, 5) is 20.9. The Morgan fingerprint density at radius 2 is 2.15 bits per heavy atom. The van der Waals surface area contributed by atoms with Gasteiger partial charge in [-0.1, -0.05) is 0 Å². The average Bonchev–Trinajstić information content (AvgIpc) is 2.15. The van der Waals surface area contributed by atoms with E-state index in [4.69, 9.17) is 9.84 Å². The first-order valence-electron chi connectivity index (χ1n) is 4.26. The smallest absolute Gasteiger partial charge is 0.405 e. The molecule has 13 heavy (non-hydrogen) atoms. The van der Waals surface area contributed by atoms with Gasteiger partial charge in [-0.3, -0.25) is 0 Å². The van der Waals surface area contributed by atoms with Crippen molar-refractivity contribution in [2.45, 2.75) is 18.9 Å². The van der Waals surface area contributed by atoms with Gasteiger partial charge in [0.1, 0.15) is 6.29 Å². The molecule has 1 aliphatic rings. The Balaban J connectivity index is 2.43. The highest BCUT2D eigenvalue weighted by atomic mass is 16.5. The maximum Gasteiger partial charge on any atom is 0.405 e. The number of ether oxygens (including phenoxy) is 1. The van der Waals surface area contributed by atoms with E-state index in [9.17, 15) is 9.59 Å². The van der Waals surface area contributed by atoms with E-state index in [2.05, 4.69) is 5.32 Å². The van der Waals surface area contributed by atoms with Crippen molar-refractivity contribution in [2.24, 2.45) is 5.92 Å². The maximum atomic E-state index is 10.6. The first-order valence-corrected chi connectivity index (χ1v) is 4.26. The second-order valence-electron chi connectivity index (χ2n) is 3.06. The molecule has 1 rings (SSSR count). The van der Waals surface area contributed by atoms with Crippen molar-refractivity contribution in [3.05, 3.63) is 0 Å². The molecule has 1 fully saturated rings. The summed E-state index contributed by atoms with van der Waals surface area (Å²) in [5.41, 5.74) is 0. The number of hydrogen-bond donors (Lipinski definition) is 2. The summed E-state index contributed by atoms with van der Waals surface area (Å²) in [6.07, 6.45) is 0.987. The van der Waals surface area contributed by atoms with E-state index in [-0.39, 0.29) is 5.92 Å². The summed E-state index contributed by atoms with van der Waals surface area (Å²) in [5, 5.41) is 10.6. The average molecular weight is 187 g/mol.